The van der Waals surface area contributed by atoms with Crippen LogP contribution in [0.3, 0.4) is 0 Å². The van der Waals surface area contributed by atoms with Crippen molar-refractivity contribution < 1.29 is 23.6 Å². The van der Waals surface area contributed by atoms with Gasteiger partial charge >= 0.3 is 13.2 Å². The van der Waals surface area contributed by atoms with Crippen LogP contribution < -0.4 is 20.7 Å². The maximum Gasteiger partial charge on any atom is 0.498 e. The smallest absolute Gasteiger partial charge is 0.493 e. The van der Waals surface area contributed by atoms with Crippen molar-refractivity contribution in [3.63, 3.8) is 0 Å². The highest BCUT2D eigenvalue weighted by atomic mass is 16.7. The summed E-state index contributed by atoms with van der Waals surface area (Å²) in [5, 5.41) is 0. The van der Waals surface area contributed by atoms with Crippen molar-refractivity contribution in [1.82, 2.24) is 0 Å². The van der Waals surface area contributed by atoms with Crippen molar-refractivity contribution in [2.24, 2.45) is 5.73 Å². The summed E-state index contributed by atoms with van der Waals surface area (Å²) in [5.41, 5.74) is 4.77. The number of amides is 1. The van der Waals surface area contributed by atoms with E-state index in [1.807, 2.05) is 27.7 Å². The molecule has 1 heterocycles. The quantitative estimate of drug-likeness (QED) is 0.853. The molecule has 0 atom stereocenters. The minimum Gasteiger partial charge on any atom is -0.493 e. The Hall–Kier alpha value is -1.73. The molecule has 0 radical (unpaired) electrons. The average molecular weight is 293 g/mol. The van der Waals surface area contributed by atoms with Gasteiger partial charge in [0.05, 0.1) is 18.3 Å². The van der Waals surface area contributed by atoms with E-state index in [4.69, 9.17) is 24.5 Å². The number of benzene rings is 1. The summed E-state index contributed by atoms with van der Waals surface area (Å²) in [6.45, 7) is 7.85. The van der Waals surface area contributed by atoms with E-state index in [1.54, 1.807) is 18.2 Å². The van der Waals surface area contributed by atoms with Gasteiger partial charge in [0.2, 0.25) is 0 Å². The summed E-state index contributed by atoms with van der Waals surface area (Å²) in [4.78, 5) is 11.0. The number of rotatable bonds is 3. The number of carbonyl (C=O) groups excluding carboxylic acids is 1. The molecule has 1 amide bonds. The third-order valence-corrected chi connectivity index (χ3v) is 3.93. The SMILES string of the molecule is COc1c(OC(N)=O)cccc1B1OC(C)(C)C(C)(C)O1. The predicted octanol–water partition coefficient (Wildman–Crippen LogP) is 1.45. The number of hydrogen-bond donors (Lipinski definition) is 1. The van der Waals surface area contributed by atoms with Crippen LogP contribution >= 0.6 is 0 Å². The van der Waals surface area contributed by atoms with Gasteiger partial charge in [0.15, 0.2) is 11.5 Å². The Balaban J connectivity index is 2.39. The zero-order chi connectivity index (χ0) is 15.8. The van der Waals surface area contributed by atoms with Crippen LogP contribution in [0.1, 0.15) is 27.7 Å². The van der Waals surface area contributed by atoms with Crippen molar-refractivity contribution in [3.05, 3.63) is 18.2 Å². The van der Waals surface area contributed by atoms with Gasteiger partial charge in [-0.2, -0.15) is 0 Å². The molecular weight excluding hydrogens is 273 g/mol. The first-order chi connectivity index (χ1) is 9.68. The zero-order valence-electron chi connectivity index (χ0n) is 12.9. The number of para-hydroxylation sites is 1. The molecule has 1 aliphatic heterocycles. The fraction of sp³-hybridized carbons (Fsp3) is 0.500. The molecule has 1 saturated heterocycles. The van der Waals surface area contributed by atoms with Crippen molar-refractivity contribution in [2.75, 3.05) is 7.11 Å². The topological polar surface area (TPSA) is 80.0 Å². The van der Waals surface area contributed by atoms with E-state index in [0.29, 0.717) is 11.2 Å². The molecule has 6 nitrogen and oxygen atoms in total. The zero-order valence-corrected chi connectivity index (χ0v) is 12.9. The molecule has 114 valence electrons. The van der Waals surface area contributed by atoms with Crippen LogP contribution in [-0.4, -0.2) is 31.5 Å². The van der Waals surface area contributed by atoms with E-state index in [2.05, 4.69) is 0 Å². The molecule has 1 aliphatic rings. The number of nitrogens with two attached hydrogens (primary N) is 1. The first-order valence-electron chi connectivity index (χ1n) is 6.68. The molecule has 0 spiro atoms. The van der Waals surface area contributed by atoms with Gasteiger partial charge < -0.3 is 24.5 Å². The Morgan fingerprint density at radius 3 is 2.24 bits per heavy atom. The van der Waals surface area contributed by atoms with Gasteiger partial charge in [0.25, 0.3) is 0 Å². The van der Waals surface area contributed by atoms with Crippen LogP contribution in [0.5, 0.6) is 11.5 Å². The van der Waals surface area contributed by atoms with Crippen LogP contribution in [0.15, 0.2) is 18.2 Å². The van der Waals surface area contributed by atoms with Gasteiger partial charge in [0, 0.05) is 5.46 Å². The lowest BCUT2D eigenvalue weighted by Crippen LogP contribution is -2.41. The standard InChI is InChI=1S/C14H20BNO5/c1-13(2)14(3,4)21-15(20-13)9-7-6-8-10(11(9)18-5)19-12(16)17/h6-8H,1-5H3,(H2,16,17). The van der Waals surface area contributed by atoms with Crippen molar-refractivity contribution in [3.8, 4) is 11.5 Å². The highest BCUT2D eigenvalue weighted by Gasteiger charge is 2.52. The van der Waals surface area contributed by atoms with E-state index < -0.39 is 24.4 Å². The highest BCUT2D eigenvalue weighted by Crippen LogP contribution is 2.38. The van der Waals surface area contributed by atoms with Gasteiger partial charge in [-0.05, 0) is 33.8 Å². The fourth-order valence-corrected chi connectivity index (χ4v) is 2.10. The second kappa shape index (κ2) is 5.24. The van der Waals surface area contributed by atoms with Crippen molar-refractivity contribution in [2.45, 2.75) is 38.9 Å². The molecular formula is C14H20BNO5. The minimum atomic E-state index is -0.903. The van der Waals surface area contributed by atoms with Crippen LogP contribution in [0.25, 0.3) is 0 Å². The lowest BCUT2D eigenvalue weighted by atomic mass is 9.78. The maximum atomic E-state index is 11.0. The van der Waals surface area contributed by atoms with Gasteiger partial charge in [-0.3, -0.25) is 0 Å². The molecule has 2 N–H and O–H groups in total. The van der Waals surface area contributed by atoms with E-state index >= 15 is 0 Å². The molecule has 1 aromatic rings. The summed E-state index contributed by atoms with van der Waals surface area (Å²) in [6.07, 6.45) is -0.903. The molecule has 0 bridgehead atoms. The number of carbonyl (C=O) groups is 1. The summed E-state index contributed by atoms with van der Waals surface area (Å²) < 4.78 is 22.2. The molecule has 0 unspecified atom stereocenters. The first kappa shape index (κ1) is 15.7. The third-order valence-electron chi connectivity index (χ3n) is 3.93. The van der Waals surface area contributed by atoms with Crippen molar-refractivity contribution >= 4 is 18.7 Å². The molecule has 0 aromatic heterocycles. The van der Waals surface area contributed by atoms with Gasteiger partial charge in [-0.15, -0.1) is 0 Å². The van der Waals surface area contributed by atoms with Crippen LogP contribution in [0.2, 0.25) is 0 Å². The molecule has 7 heteroatoms. The van der Waals surface area contributed by atoms with Crippen molar-refractivity contribution in [1.29, 1.82) is 0 Å². The number of hydrogen-bond acceptors (Lipinski definition) is 5. The molecule has 21 heavy (non-hydrogen) atoms. The second-order valence-electron chi connectivity index (χ2n) is 5.89. The normalized spacial score (nSPS) is 19.4. The van der Waals surface area contributed by atoms with Gasteiger partial charge in [-0.1, -0.05) is 12.1 Å². The summed E-state index contributed by atoms with van der Waals surface area (Å²) >= 11 is 0. The molecule has 1 aromatic carbocycles. The second-order valence-corrected chi connectivity index (χ2v) is 5.89. The van der Waals surface area contributed by atoms with E-state index in [9.17, 15) is 4.79 Å². The molecule has 2 rings (SSSR count). The van der Waals surface area contributed by atoms with Gasteiger partial charge in [0.1, 0.15) is 0 Å². The summed E-state index contributed by atoms with van der Waals surface area (Å²) in [7, 11) is 0.874. The Labute approximate surface area is 124 Å². The first-order valence-corrected chi connectivity index (χ1v) is 6.68. The molecule has 0 aliphatic carbocycles. The monoisotopic (exact) mass is 293 g/mol. The minimum absolute atomic E-state index is 0.234. The van der Waals surface area contributed by atoms with E-state index in [0.717, 1.165) is 0 Å². The maximum absolute atomic E-state index is 11.0. The highest BCUT2D eigenvalue weighted by molar-refractivity contribution is 6.63. The fourth-order valence-electron chi connectivity index (χ4n) is 2.10. The summed E-state index contributed by atoms with van der Waals surface area (Å²) in [6, 6.07) is 5.12. The third kappa shape index (κ3) is 2.84. The summed E-state index contributed by atoms with van der Waals surface area (Å²) in [5.74, 6) is 0.604. The Morgan fingerprint density at radius 1 is 1.19 bits per heavy atom. The number of primary amides is 1. The van der Waals surface area contributed by atoms with Crippen LogP contribution in [0.4, 0.5) is 4.79 Å². The molecule has 1 fully saturated rings. The van der Waals surface area contributed by atoms with Crippen LogP contribution in [-0.2, 0) is 9.31 Å². The lowest BCUT2D eigenvalue weighted by Gasteiger charge is -2.32. The van der Waals surface area contributed by atoms with Gasteiger partial charge in [-0.25, -0.2) is 4.79 Å². The van der Waals surface area contributed by atoms with E-state index in [-0.39, 0.29) is 5.75 Å². The Kier molecular flexibility index (Phi) is 3.90. The number of ether oxygens (including phenoxy) is 2. The lowest BCUT2D eigenvalue weighted by molar-refractivity contribution is 0.00578. The Morgan fingerprint density at radius 2 is 1.76 bits per heavy atom. The average Bonchev–Trinajstić information content (AvgIpc) is 2.57. The predicted molar refractivity (Wildman–Crippen MR) is 78.9 cm³/mol. The molecule has 0 saturated carbocycles. The largest absolute Gasteiger partial charge is 0.498 e. The Bertz CT molecular complexity index is 542. The van der Waals surface area contributed by atoms with Crippen LogP contribution in [0, 0.1) is 0 Å². The van der Waals surface area contributed by atoms with E-state index in [1.165, 1.54) is 7.11 Å². The number of methoxy groups -OCH3 is 1.